The van der Waals surface area contributed by atoms with Crippen molar-refractivity contribution < 1.29 is 5.11 Å². The molecule has 1 rings (SSSR count). The number of rotatable bonds is 1. The third-order valence-electron chi connectivity index (χ3n) is 3.18. The van der Waals surface area contributed by atoms with Crippen LogP contribution in [0.25, 0.3) is 0 Å². The second-order valence-electron chi connectivity index (χ2n) is 3.84. The van der Waals surface area contributed by atoms with E-state index < -0.39 is 0 Å². The van der Waals surface area contributed by atoms with Gasteiger partial charge < -0.3 is 5.11 Å². The van der Waals surface area contributed by atoms with Crippen molar-refractivity contribution in [2.75, 3.05) is 6.61 Å². The van der Waals surface area contributed by atoms with E-state index in [1.54, 1.807) is 0 Å². The van der Waals surface area contributed by atoms with E-state index in [0.717, 1.165) is 5.92 Å². The van der Waals surface area contributed by atoms with Crippen molar-refractivity contribution in [3.8, 4) is 0 Å². The lowest BCUT2D eigenvalue weighted by Gasteiger charge is -2.50. The molecule has 1 aliphatic rings. The fourth-order valence-electron chi connectivity index (χ4n) is 1.59. The van der Waals surface area contributed by atoms with Gasteiger partial charge >= 0.3 is 0 Å². The van der Waals surface area contributed by atoms with Crippen molar-refractivity contribution in [3.05, 3.63) is 0 Å². The molecule has 0 amide bonds. The van der Waals surface area contributed by atoms with Crippen molar-refractivity contribution in [3.63, 3.8) is 0 Å². The quantitative estimate of drug-likeness (QED) is 0.569. The second-order valence-corrected chi connectivity index (χ2v) is 3.84. The summed E-state index contributed by atoms with van der Waals surface area (Å²) in [5.41, 5.74) is 0.398. The maximum atomic E-state index is 8.84. The molecule has 0 radical (unpaired) electrons. The Morgan fingerprint density at radius 1 is 1.56 bits per heavy atom. The predicted octanol–water partition coefficient (Wildman–Crippen LogP) is 1.66. The Morgan fingerprint density at radius 3 is 2.22 bits per heavy atom. The van der Waals surface area contributed by atoms with Crippen molar-refractivity contribution in [1.29, 1.82) is 0 Å². The predicted molar refractivity (Wildman–Crippen MR) is 38.1 cm³/mol. The van der Waals surface area contributed by atoms with Gasteiger partial charge in [-0.2, -0.15) is 0 Å². The minimum Gasteiger partial charge on any atom is -0.396 e. The smallest absolute Gasteiger partial charge is 0.0464 e. The SMILES string of the molecule is CC1CC(CO)C1(C)C. The summed E-state index contributed by atoms with van der Waals surface area (Å²) in [7, 11) is 0. The molecule has 54 valence electrons. The van der Waals surface area contributed by atoms with Gasteiger partial charge in [-0.1, -0.05) is 20.8 Å². The first kappa shape index (κ1) is 7.07. The summed E-state index contributed by atoms with van der Waals surface area (Å²) in [6.07, 6.45) is 1.21. The highest BCUT2D eigenvalue weighted by Crippen LogP contribution is 2.50. The molecule has 0 bridgehead atoms. The normalized spacial score (nSPS) is 40.0. The van der Waals surface area contributed by atoms with Crippen molar-refractivity contribution in [2.45, 2.75) is 27.2 Å². The van der Waals surface area contributed by atoms with Crippen LogP contribution in [0.1, 0.15) is 27.2 Å². The lowest BCUT2D eigenvalue weighted by molar-refractivity contribution is -0.0413. The van der Waals surface area contributed by atoms with Crippen molar-refractivity contribution >= 4 is 0 Å². The minimum absolute atomic E-state index is 0.372. The van der Waals surface area contributed by atoms with E-state index in [9.17, 15) is 0 Å². The molecule has 0 aromatic carbocycles. The van der Waals surface area contributed by atoms with E-state index in [1.165, 1.54) is 6.42 Å². The van der Waals surface area contributed by atoms with Gasteiger partial charge in [0.25, 0.3) is 0 Å². The van der Waals surface area contributed by atoms with E-state index in [2.05, 4.69) is 20.8 Å². The lowest BCUT2D eigenvalue weighted by atomic mass is 9.56. The Morgan fingerprint density at radius 2 is 2.11 bits per heavy atom. The number of hydrogen-bond acceptors (Lipinski definition) is 1. The summed E-state index contributed by atoms with van der Waals surface area (Å²) in [6.45, 7) is 7.10. The summed E-state index contributed by atoms with van der Waals surface area (Å²) < 4.78 is 0. The average Bonchev–Trinajstić information content (AvgIpc) is 1.82. The highest BCUT2D eigenvalue weighted by atomic mass is 16.3. The van der Waals surface area contributed by atoms with Crippen LogP contribution in [-0.4, -0.2) is 11.7 Å². The van der Waals surface area contributed by atoms with Crippen LogP contribution in [0.15, 0.2) is 0 Å². The average molecular weight is 128 g/mol. The van der Waals surface area contributed by atoms with Gasteiger partial charge in [-0.25, -0.2) is 0 Å². The van der Waals surface area contributed by atoms with Gasteiger partial charge in [-0.15, -0.1) is 0 Å². The van der Waals surface area contributed by atoms with Crippen LogP contribution in [0.5, 0.6) is 0 Å². The van der Waals surface area contributed by atoms with Crippen LogP contribution in [0.3, 0.4) is 0 Å². The molecule has 0 spiro atoms. The Bertz CT molecular complexity index is 107. The van der Waals surface area contributed by atoms with Gasteiger partial charge in [0.05, 0.1) is 0 Å². The van der Waals surface area contributed by atoms with Crippen LogP contribution in [-0.2, 0) is 0 Å². The Hall–Kier alpha value is -0.0400. The molecule has 0 aliphatic heterocycles. The molecular formula is C8H16O. The van der Waals surface area contributed by atoms with Gasteiger partial charge in [0.15, 0.2) is 0 Å². The zero-order valence-electron chi connectivity index (χ0n) is 6.52. The first-order valence-electron chi connectivity index (χ1n) is 3.70. The molecule has 0 aromatic rings. The summed E-state index contributed by atoms with van der Waals surface area (Å²) in [4.78, 5) is 0. The highest BCUT2D eigenvalue weighted by molar-refractivity contribution is 4.93. The molecular weight excluding hydrogens is 112 g/mol. The fraction of sp³-hybridized carbons (Fsp3) is 1.00. The van der Waals surface area contributed by atoms with Gasteiger partial charge in [0, 0.05) is 6.61 Å². The Kier molecular flexibility index (Phi) is 1.55. The van der Waals surface area contributed by atoms with Crippen molar-refractivity contribution in [1.82, 2.24) is 0 Å². The largest absolute Gasteiger partial charge is 0.396 e. The van der Waals surface area contributed by atoms with Gasteiger partial charge in [-0.05, 0) is 23.7 Å². The Balaban J connectivity index is 2.48. The van der Waals surface area contributed by atoms with E-state index >= 15 is 0 Å². The zero-order valence-corrected chi connectivity index (χ0v) is 6.52. The molecule has 9 heavy (non-hydrogen) atoms. The summed E-state index contributed by atoms with van der Waals surface area (Å²) in [5, 5.41) is 8.84. The lowest BCUT2D eigenvalue weighted by Crippen LogP contribution is -2.44. The topological polar surface area (TPSA) is 20.2 Å². The van der Waals surface area contributed by atoms with Gasteiger partial charge in [0.1, 0.15) is 0 Å². The molecule has 1 N–H and O–H groups in total. The second kappa shape index (κ2) is 1.98. The van der Waals surface area contributed by atoms with E-state index in [4.69, 9.17) is 5.11 Å². The number of aliphatic hydroxyl groups is 1. The summed E-state index contributed by atoms with van der Waals surface area (Å²) >= 11 is 0. The van der Waals surface area contributed by atoms with Crippen LogP contribution in [0.4, 0.5) is 0 Å². The summed E-state index contributed by atoms with van der Waals surface area (Å²) in [5.74, 6) is 1.36. The minimum atomic E-state index is 0.372. The highest BCUT2D eigenvalue weighted by Gasteiger charge is 2.44. The Labute approximate surface area is 57.1 Å². The molecule has 1 saturated carbocycles. The zero-order chi connectivity index (χ0) is 7.07. The summed E-state index contributed by atoms with van der Waals surface area (Å²) in [6, 6.07) is 0. The molecule has 0 heterocycles. The molecule has 2 atom stereocenters. The number of aliphatic hydroxyl groups excluding tert-OH is 1. The van der Waals surface area contributed by atoms with Crippen LogP contribution < -0.4 is 0 Å². The van der Waals surface area contributed by atoms with E-state index in [-0.39, 0.29) is 0 Å². The van der Waals surface area contributed by atoms with Crippen LogP contribution >= 0.6 is 0 Å². The molecule has 1 heteroatoms. The van der Waals surface area contributed by atoms with Crippen molar-refractivity contribution in [2.24, 2.45) is 17.3 Å². The maximum Gasteiger partial charge on any atom is 0.0464 e. The molecule has 1 aliphatic carbocycles. The van der Waals surface area contributed by atoms with E-state index in [1.807, 2.05) is 0 Å². The van der Waals surface area contributed by atoms with Gasteiger partial charge in [0.2, 0.25) is 0 Å². The number of hydrogen-bond donors (Lipinski definition) is 1. The third-order valence-corrected chi connectivity index (χ3v) is 3.18. The molecule has 0 saturated heterocycles. The molecule has 1 nitrogen and oxygen atoms in total. The van der Waals surface area contributed by atoms with Crippen LogP contribution in [0.2, 0.25) is 0 Å². The molecule has 2 unspecified atom stereocenters. The van der Waals surface area contributed by atoms with Gasteiger partial charge in [-0.3, -0.25) is 0 Å². The maximum absolute atomic E-state index is 8.84. The van der Waals surface area contributed by atoms with Crippen LogP contribution in [0, 0.1) is 17.3 Å². The first-order chi connectivity index (χ1) is 4.09. The van der Waals surface area contributed by atoms with E-state index in [0.29, 0.717) is 17.9 Å². The third kappa shape index (κ3) is 0.877. The first-order valence-corrected chi connectivity index (χ1v) is 3.70. The standard InChI is InChI=1S/C8H16O/c1-6-4-7(5-9)8(6,2)3/h6-7,9H,4-5H2,1-3H3. The molecule has 0 aromatic heterocycles. The monoisotopic (exact) mass is 128 g/mol. The molecule has 1 fully saturated rings. The fourth-order valence-corrected chi connectivity index (χ4v) is 1.59.